The summed E-state index contributed by atoms with van der Waals surface area (Å²) in [5.41, 5.74) is 0.837. The van der Waals surface area contributed by atoms with Crippen molar-refractivity contribution in [2.45, 2.75) is 17.4 Å². The van der Waals surface area contributed by atoms with Gasteiger partial charge in [-0.25, -0.2) is 17.9 Å². The SMILES string of the molecule is COC(=O)[C@@H](Cc1ccccc1)NC(=O)CNS(=O)(=O)c1ccc(Br)cc1. The predicted molar refractivity (Wildman–Crippen MR) is 103 cm³/mol. The number of benzene rings is 2. The van der Waals surface area contributed by atoms with Gasteiger partial charge in [-0.15, -0.1) is 0 Å². The third-order valence-corrected chi connectivity index (χ3v) is 5.60. The van der Waals surface area contributed by atoms with Crippen LogP contribution < -0.4 is 10.0 Å². The molecule has 2 aromatic rings. The molecule has 0 aliphatic carbocycles. The maximum absolute atomic E-state index is 12.2. The Morgan fingerprint density at radius 1 is 1.07 bits per heavy atom. The summed E-state index contributed by atoms with van der Waals surface area (Å²) in [6.07, 6.45) is 0.235. The van der Waals surface area contributed by atoms with Crippen LogP contribution in [0.5, 0.6) is 0 Å². The maximum atomic E-state index is 12.2. The average molecular weight is 455 g/mol. The zero-order valence-electron chi connectivity index (χ0n) is 14.5. The Bertz CT molecular complexity index is 886. The van der Waals surface area contributed by atoms with Crippen LogP contribution in [0.1, 0.15) is 5.56 Å². The minimum atomic E-state index is -3.84. The summed E-state index contributed by atoms with van der Waals surface area (Å²) in [6.45, 7) is -0.499. The number of hydrogen-bond donors (Lipinski definition) is 2. The van der Waals surface area contributed by atoms with Crippen molar-refractivity contribution in [1.82, 2.24) is 10.0 Å². The number of esters is 1. The van der Waals surface area contributed by atoms with E-state index in [0.717, 1.165) is 10.0 Å². The molecule has 0 saturated heterocycles. The summed E-state index contributed by atoms with van der Waals surface area (Å²) in [5.74, 6) is -1.25. The molecular formula is C18H19BrN2O5S. The number of hydrogen-bond acceptors (Lipinski definition) is 5. The van der Waals surface area contributed by atoms with E-state index < -0.39 is 34.5 Å². The van der Waals surface area contributed by atoms with Crippen molar-refractivity contribution in [3.63, 3.8) is 0 Å². The highest BCUT2D eigenvalue weighted by Crippen LogP contribution is 2.14. The summed E-state index contributed by atoms with van der Waals surface area (Å²) in [6, 6.07) is 14.2. The lowest BCUT2D eigenvalue weighted by molar-refractivity contribution is -0.144. The first-order valence-corrected chi connectivity index (χ1v) is 10.3. The largest absolute Gasteiger partial charge is 0.467 e. The number of nitrogens with one attached hydrogen (secondary N) is 2. The summed E-state index contributed by atoms with van der Waals surface area (Å²) in [5, 5.41) is 2.50. The normalized spacial score (nSPS) is 12.2. The lowest BCUT2D eigenvalue weighted by atomic mass is 10.1. The molecule has 0 heterocycles. The molecule has 0 saturated carbocycles. The number of carbonyl (C=O) groups is 2. The fourth-order valence-electron chi connectivity index (χ4n) is 2.29. The van der Waals surface area contributed by atoms with E-state index in [-0.39, 0.29) is 11.3 Å². The van der Waals surface area contributed by atoms with E-state index >= 15 is 0 Å². The molecule has 2 rings (SSSR count). The second-order valence-corrected chi connectivity index (χ2v) is 8.29. The Hall–Kier alpha value is -2.23. The molecule has 144 valence electrons. The molecule has 0 bridgehead atoms. The summed E-state index contributed by atoms with van der Waals surface area (Å²) < 4.78 is 32.1. The molecule has 9 heteroatoms. The van der Waals surface area contributed by atoms with Gasteiger partial charge in [0, 0.05) is 10.9 Å². The van der Waals surface area contributed by atoms with Crippen LogP contribution >= 0.6 is 15.9 Å². The van der Waals surface area contributed by atoms with Gasteiger partial charge in [-0.05, 0) is 29.8 Å². The van der Waals surface area contributed by atoms with Gasteiger partial charge in [0.15, 0.2) is 0 Å². The highest BCUT2D eigenvalue weighted by atomic mass is 79.9. The molecule has 0 spiro atoms. The minimum absolute atomic E-state index is 0.0345. The first kappa shape index (κ1) is 21.1. The molecule has 0 aromatic heterocycles. The highest BCUT2D eigenvalue weighted by Gasteiger charge is 2.23. The van der Waals surface area contributed by atoms with Crippen LogP contribution in [0.4, 0.5) is 0 Å². The first-order valence-electron chi connectivity index (χ1n) is 7.98. The molecule has 2 aromatic carbocycles. The van der Waals surface area contributed by atoms with Gasteiger partial charge in [-0.1, -0.05) is 46.3 Å². The van der Waals surface area contributed by atoms with Gasteiger partial charge >= 0.3 is 5.97 Å². The van der Waals surface area contributed by atoms with Crippen LogP contribution in [0.25, 0.3) is 0 Å². The molecule has 0 aliphatic heterocycles. The Balaban J connectivity index is 1.98. The van der Waals surface area contributed by atoms with Crippen LogP contribution in [-0.4, -0.2) is 40.0 Å². The van der Waals surface area contributed by atoms with Crippen molar-refractivity contribution in [2.24, 2.45) is 0 Å². The molecule has 27 heavy (non-hydrogen) atoms. The molecule has 0 aliphatic rings. The van der Waals surface area contributed by atoms with E-state index in [1.807, 2.05) is 30.3 Å². The molecule has 1 amide bonds. The standard InChI is InChI=1S/C18H19BrN2O5S/c1-26-18(23)16(11-13-5-3-2-4-6-13)21-17(22)12-20-27(24,25)15-9-7-14(19)8-10-15/h2-10,16,20H,11-12H2,1H3,(H,21,22)/t16-/m1/s1. The zero-order valence-corrected chi connectivity index (χ0v) is 16.9. The molecular weight excluding hydrogens is 436 g/mol. The lowest BCUT2D eigenvalue weighted by Gasteiger charge is -2.17. The summed E-state index contributed by atoms with van der Waals surface area (Å²) >= 11 is 3.23. The van der Waals surface area contributed by atoms with Gasteiger partial charge in [0.1, 0.15) is 6.04 Å². The van der Waals surface area contributed by atoms with Gasteiger partial charge in [-0.2, -0.15) is 0 Å². The van der Waals surface area contributed by atoms with Gasteiger partial charge in [0.2, 0.25) is 15.9 Å². The lowest BCUT2D eigenvalue weighted by Crippen LogP contribution is -2.47. The topological polar surface area (TPSA) is 102 Å². The molecule has 0 radical (unpaired) electrons. The Labute approximate surface area is 166 Å². The third kappa shape index (κ3) is 6.46. The number of sulfonamides is 1. The Morgan fingerprint density at radius 3 is 2.30 bits per heavy atom. The number of ether oxygens (including phenoxy) is 1. The average Bonchev–Trinajstić information content (AvgIpc) is 2.66. The molecule has 2 N–H and O–H groups in total. The van der Waals surface area contributed by atoms with E-state index in [1.54, 1.807) is 12.1 Å². The van der Waals surface area contributed by atoms with Gasteiger partial charge in [0.05, 0.1) is 18.6 Å². The number of amides is 1. The number of rotatable bonds is 8. The predicted octanol–water partition coefficient (Wildman–Crippen LogP) is 1.63. The quantitative estimate of drug-likeness (QED) is 0.590. The fourth-order valence-corrected chi connectivity index (χ4v) is 3.53. The van der Waals surface area contributed by atoms with Gasteiger partial charge in [0.25, 0.3) is 0 Å². The third-order valence-electron chi connectivity index (χ3n) is 3.65. The van der Waals surface area contributed by atoms with Crippen molar-refractivity contribution in [3.05, 3.63) is 64.6 Å². The van der Waals surface area contributed by atoms with E-state index in [2.05, 4.69) is 26.0 Å². The zero-order chi connectivity index (χ0) is 19.9. The van der Waals surface area contributed by atoms with Gasteiger partial charge in [-0.3, -0.25) is 4.79 Å². The van der Waals surface area contributed by atoms with E-state index in [1.165, 1.54) is 19.2 Å². The van der Waals surface area contributed by atoms with Crippen LogP contribution in [0.3, 0.4) is 0 Å². The second kappa shape index (κ2) is 9.63. The Morgan fingerprint density at radius 2 is 1.70 bits per heavy atom. The van der Waals surface area contributed by atoms with Crippen molar-refractivity contribution >= 4 is 37.8 Å². The van der Waals surface area contributed by atoms with Crippen LogP contribution in [-0.2, 0) is 30.8 Å². The van der Waals surface area contributed by atoms with Crippen LogP contribution in [0.15, 0.2) is 64.0 Å². The maximum Gasteiger partial charge on any atom is 0.328 e. The summed E-state index contributed by atoms with van der Waals surface area (Å²) in [4.78, 5) is 24.1. The molecule has 1 atom stereocenters. The van der Waals surface area contributed by atoms with E-state index in [4.69, 9.17) is 4.74 Å². The highest BCUT2D eigenvalue weighted by molar-refractivity contribution is 9.10. The van der Waals surface area contributed by atoms with Crippen molar-refractivity contribution in [1.29, 1.82) is 0 Å². The molecule has 0 fully saturated rings. The Kier molecular flexibility index (Phi) is 7.52. The fraction of sp³-hybridized carbons (Fsp3) is 0.222. The number of methoxy groups -OCH3 is 1. The first-order chi connectivity index (χ1) is 12.8. The van der Waals surface area contributed by atoms with Crippen molar-refractivity contribution in [3.8, 4) is 0 Å². The van der Waals surface area contributed by atoms with Crippen LogP contribution in [0, 0.1) is 0 Å². The van der Waals surface area contributed by atoms with E-state index in [9.17, 15) is 18.0 Å². The number of halogens is 1. The molecule has 7 nitrogen and oxygen atoms in total. The molecule has 0 unspecified atom stereocenters. The van der Waals surface area contributed by atoms with Gasteiger partial charge < -0.3 is 10.1 Å². The van der Waals surface area contributed by atoms with Crippen molar-refractivity contribution < 1.29 is 22.7 Å². The minimum Gasteiger partial charge on any atom is -0.467 e. The summed E-state index contributed by atoms with van der Waals surface area (Å²) in [7, 11) is -2.62. The second-order valence-electron chi connectivity index (χ2n) is 5.61. The number of carbonyl (C=O) groups excluding carboxylic acids is 2. The monoisotopic (exact) mass is 454 g/mol. The van der Waals surface area contributed by atoms with Crippen molar-refractivity contribution in [2.75, 3.05) is 13.7 Å². The van der Waals surface area contributed by atoms with Crippen LogP contribution in [0.2, 0.25) is 0 Å². The smallest absolute Gasteiger partial charge is 0.328 e. The van der Waals surface area contributed by atoms with E-state index in [0.29, 0.717) is 0 Å².